The molecular formula is C25H25N3O2S. The van der Waals surface area contributed by atoms with Crippen LogP contribution in [0.2, 0.25) is 0 Å². The number of aryl methyl sites for hydroxylation is 2. The zero-order valence-electron chi connectivity index (χ0n) is 17.4. The minimum absolute atomic E-state index is 0.00758. The van der Waals surface area contributed by atoms with E-state index < -0.39 is 5.25 Å². The highest BCUT2D eigenvalue weighted by atomic mass is 32.2. The molecule has 1 saturated heterocycles. The molecule has 2 aromatic rings. The fourth-order valence-electron chi connectivity index (χ4n) is 3.89. The molecule has 5 nitrogen and oxygen atoms in total. The molecule has 2 aromatic carbocycles. The second-order valence-corrected chi connectivity index (χ2v) is 8.87. The third kappa shape index (κ3) is 5.02. The van der Waals surface area contributed by atoms with Gasteiger partial charge in [0.25, 0.3) is 0 Å². The van der Waals surface area contributed by atoms with E-state index in [4.69, 9.17) is 0 Å². The Morgan fingerprint density at radius 2 is 1.90 bits per heavy atom. The zero-order valence-corrected chi connectivity index (χ0v) is 18.2. The van der Waals surface area contributed by atoms with Crippen molar-refractivity contribution in [1.82, 2.24) is 4.90 Å². The van der Waals surface area contributed by atoms with Gasteiger partial charge in [-0.25, -0.2) is 0 Å². The number of amides is 1. The molecule has 0 saturated carbocycles. The van der Waals surface area contributed by atoms with Crippen molar-refractivity contribution in [1.29, 1.82) is 0 Å². The van der Waals surface area contributed by atoms with Crippen LogP contribution < -0.4 is 0 Å². The molecule has 31 heavy (non-hydrogen) atoms. The third-order valence-corrected chi connectivity index (χ3v) is 6.69. The highest BCUT2D eigenvalue weighted by Crippen LogP contribution is 2.31. The van der Waals surface area contributed by atoms with Crippen LogP contribution in [0.15, 0.2) is 71.4 Å². The molecule has 6 heteroatoms. The predicted octanol–water partition coefficient (Wildman–Crippen LogP) is 4.66. The summed E-state index contributed by atoms with van der Waals surface area (Å²) in [4.78, 5) is 27.4. The van der Waals surface area contributed by atoms with Crippen molar-refractivity contribution in [3.8, 4) is 0 Å². The van der Waals surface area contributed by atoms with Crippen molar-refractivity contribution in [2.45, 2.75) is 37.4 Å². The number of carbonyl (C=O) groups excluding carboxylic acids is 2. The molecule has 0 spiro atoms. The van der Waals surface area contributed by atoms with Gasteiger partial charge in [0.1, 0.15) is 0 Å². The Morgan fingerprint density at radius 3 is 2.68 bits per heavy atom. The molecule has 0 N–H and O–H groups in total. The van der Waals surface area contributed by atoms with Gasteiger partial charge >= 0.3 is 0 Å². The maximum Gasteiger partial charge on any atom is 0.242 e. The Bertz CT molecular complexity index is 1050. The van der Waals surface area contributed by atoms with E-state index in [2.05, 4.69) is 22.8 Å². The first-order valence-electron chi connectivity index (χ1n) is 10.6. The maximum absolute atomic E-state index is 12.9. The molecule has 1 amide bonds. The van der Waals surface area contributed by atoms with E-state index in [0.29, 0.717) is 17.3 Å². The van der Waals surface area contributed by atoms with Crippen LogP contribution in [0, 0.1) is 0 Å². The van der Waals surface area contributed by atoms with Crippen LogP contribution in [0.1, 0.15) is 46.3 Å². The fourth-order valence-corrected chi connectivity index (χ4v) is 4.99. The van der Waals surface area contributed by atoms with E-state index in [0.717, 1.165) is 18.4 Å². The van der Waals surface area contributed by atoms with Gasteiger partial charge < -0.3 is 0 Å². The largest absolute Gasteiger partial charge is 0.294 e. The number of thioether (sulfide) groups is 1. The van der Waals surface area contributed by atoms with Crippen LogP contribution in [-0.4, -0.2) is 39.8 Å². The minimum atomic E-state index is -0.492. The maximum atomic E-state index is 12.9. The van der Waals surface area contributed by atoms with Gasteiger partial charge in [0, 0.05) is 18.5 Å². The van der Waals surface area contributed by atoms with Gasteiger partial charge in [0.15, 0.2) is 11.0 Å². The number of hydrogen-bond acceptors (Lipinski definition) is 5. The second kappa shape index (κ2) is 9.88. The zero-order chi connectivity index (χ0) is 21.6. The van der Waals surface area contributed by atoms with Crippen LogP contribution in [-0.2, 0) is 17.6 Å². The summed E-state index contributed by atoms with van der Waals surface area (Å²) in [5, 5.41) is 8.40. The summed E-state index contributed by atoms with van der Waals surface area (Å²) < 4.78 is 0. The Hall–Kier alpha value is -2.99. The lowest BCUT2D eigenvalue weighted by Crippen LogP contribution is -2.32. The van der Waals surface area contributed by atoms with Gasteiger partial charge in [-0.15, -0.1) is 11.7 Å². The lowest BCUT2D eigenvalue weighted by molar-refractivity contribution is -0.125. The van der Waals surface area contributed by atoms with Crippen molar-refractivity contribution in [3.63, 3.8) is 0 Å². The van der Waals surface area contributed by atoms with Crippen molar-refractivity contribution in [2.75, 3.05) is 6.54 Å². The topological polar surface area (TPSA) is 62.1 Å². The van der Waals surface area contributed by atoms with Gasteiger partial charge in [-0.05, 0) is 48.4 Å². The number of carbonyl (C=O) groups is 2. The standard InChI is InChI=1S/C25H25N3O2S/c1-2-14-28-24(30)23(31-25(28)27-26-17-18-8-4-3-5-9-18)16-22(29)21-13-12-19-10-6-7-11-20(19)15-21/h2-5,8-9,12-13,15,17,23H,1,6-7,10-11,14,16H2/b26-17-,27-25-/t23-/m0/s1. The van der Waals surface area contributed by atoms with Gasteiger partial charge in [-0.1, -0.05) is 60.3 Å². The summed E-state index contributed by atoms with van der Waals surface area (Å²) in [5.41, 5.74) is 4.23. The smallest absolute Gasteiger partial charge is 0.242 e. The number of benzene rings is 2. The molecule has 0 radical (unpaired) electrons. The lowest BCUT2D eigenvalue weighted by atomic mass is 9.89. The first-order chi connectivity index (χ1) is 15.2. The first kappa shape index (κ1) is 21.2. The van der Waals surface area contributed by atoms with Crippen molar-refractivity contribution < 1.29 is 9.59 Å². The molecule has 0 aromatic heterocycles. The first-order valence-corrected chi connectivity index (χ1v) is 11.4. The van der Waals surface area contributed by atoms with Crippen LogP contribution in [0.5, 0.6) is 0 Å². The number of rotatable bonds is 7. The van der Waals surface area contributed by atoms with Crippen LogP contribution in [0.25, 0.3) is 0 Å². The Labute approximate surface area is 186 Å². The molecule has 1 atom stereocenters. The van der Waals surface area contributed by atoms with Gasteiger partial charge in [-0.3, -0.25) is 14.5 Å². The average Bonchev–Trinajstić information content (AvgIpc) is 3.09. The van der Waals surface area contributed by atoms with E-state index >= 15 is 0 Å². The predicted molar refractivity (Wildman–Crippen MR) is 127 cm³/mol. The van der Waals surface area contributed by atoms with Crippen LogP contribution >= 0.6 is 11.8 Å². The minimum Gasteiger partial charge on any atom is -0.294 e. The number of ketones is 1. The third-order valence-electron chi connectivity index (χ3n) is 5.52. The normalized spacial score (nSPS) is 19.7. The molecule has 158 valence electrons. The fraction of sp³-hybridized carbons (Fsp3) is 0.280. The summed E-state index contributed by atoms with van der Waals surface area (Å²) in [6.07, 6.45) is 7.94. The highest BCUT2D eigenvalue weighted by molar-refractivity contribution is 8.15. The SMILES string of the molecule is C=CCN1C(=O)[C@H](CC(=O)c2ccc3c(c2)CCCC3)S/C1=N\N=C/c1ccccc1. The number of Topliss-reactive ketones (excluding diaryl/α,β-unsaturated/α-hetero) is 1. The summed E-state index contributed by atoms with van der Waals surface area (Å²) >= 11 is 1.30. The monoisotopic (exact) mass is 431 g/mol. The van der Waals surface area contributed by atoms with Gasteiger partial charge in [0.2, 0.25) is 5.91 Å². The Kier molecular flexibility index (Phi) is 6.77. The van der Waals surface area contributed by atoms with Crippen LogP contribution in [0.3, 0.4) is 0 Å². The Balaban J connectivity index is 1.47. The molecule has 0 bridgehead atoms. The molecule has 1 aliphatic carbocycles. The molecule has 4 rings (SSSR count). The van der Waals surface area contributed by atoms with Crippen LogP contribution in [0.4, 0.5) is 0 Å². The quantitative estimate of drug-likeness (QED) is 0.277. The summed E-state index contributed by atoms with van der Waals surface area (Å²) in [6, 6.07) is 15.6. The summed E-state index contributed by atoms with van der Waals surface area (Å²) in [7, 11) is 0. The number of hydrogen-bond donors (Lipinski definition) is 0. The molecule has 1 aliphatic heterocycles. The molecule has 1 fully saturated rings. The number of nitrogens with zero attached hydrogens (tertiary/aromatic N) is 3. The molecule has 2 aliphatic rings. The van der Waals surface area contributed by atoms with E-state index in [1.807, 2.05) is 42.5 Å². The molecule has 1 heterocycles. The van der Waals surface area contributed by atoms with E-state index in [9.17, 15) is 9.59 Å². The van der Waals surface area contributed by atoms with Crippen molar-refractivity contribution in [2.24, 2.45) is 10.2 Å². The average molecular weight is 432 g/mol. The number of fused-ring (bicyclic) bond motifs is 1. The lowest BCUT2D eigenvalue weighted by Gasteiger charge is -2.16. The molecule has 0 unspecified atom stereocenters. The van der Waals surface area contributed by atoms with Gasteiger partial charge in [-0.2, -0.15) is 5.10 Å². The van der Waals surface area contributed by atoms with E-state index in [1.165, 1.54) is 35.7 Å². The Morgan fingerprint density at radius 1 is 1.13 bits per heavy atom. The second-order valence-electron chi connectivity index (χ2n) is 7.70. The van der Waals surface area contributed by atoms with E-state index in [1.54, 1.807) is 17.2 Å². The van der Waals surface area contributed by atoms with Crippen molar-refractivity contribution >= 4 is 34.8 Å². The van der Waals surface area contributed by atoms with E-state index in [-0.39, 0.29) is 18.1 Å². The summed E-state index contributed by atoms with van der Waals surface area (Å²) in [6.45, 7) is 4.07. The van der Waals surface area contributed by atoms with Gasteiger partial charge in [0.05, 0.1) is 11.5 Å². The number of amidine groups is 1. The van der Waals surface area contributed by atoms with Crippen molar-refractivity contribution in [3.05, 3.63) is 83.4 Å². The molecular weight excluding hydrogens is 406 g/mol. The highest BCUT2D eigenvalue weighted by Gasteiger charge is 2.38. The summed E-state index contributed by atoms with van der Waals surface area (Å²) in [5.74, 6) is -0.128.